The highest BCUT2D eigenvalue weighted by Gasteiger charge is 2.18. The van der Waals surface area contributed by atoms with Crippen molar-refractivity contribution in [2.45, 2.75) is 6.92 Å². The standard InChI is InChI=1S/C20H17BrN2O2/c1-13-20(14-7-5-4-6-8-14)15(11-22)12-23(13)17-10-19(25-3)18(24-2)9-16(17)21/h4-10,12H,1-3H3. The van der Waals surface area contributed by atoms with Gasteiger partial charge in [-0.3, -0.25) is 0 Å². The van der Waals surface area contributed by atoms with E-state index >= 15 is 0 Å². The van der Waals surface area contributed by atoms with Crippen molar-refractivity contribution in [1.82, 2.24) is 4.57 Å². The number of halogens is 1. The molecular formula is C20H17BrN2O2. The van der Waals surface area contributed by atoms with Crippen molar-refractivity contribution in [2.24, 2.45) is 0 Å². The molecule has 4 nitrogen and oxygen atoms in total. The summed E-state index contributed by atoms with van der Waals surface area (Å²) in [6.45, 7) is 2.01. The molecule has 1 aromatic heterocycles. The highest BCUT2D eigenvalue weighted by atomic mass is 79.9. The largest absolute Gasteiger partial charge is 0.493 e. The monoisotopic (exact) mass is 396 g/mol. The summed E-state index contributed by atoms with van der Waals surface area (Å²) < 4.78 is 13.6. The zero-order valence-electron chi connectivity index (χ0n) is 14.2. The van der Waals surface area contributed by atoms with Crippen LogP contribution >= 0.6 is 15.9 Å². The number of rotatable bonds is 4. The molecule has 25 heavy (non-hydrogen) atoms. The van der Waals surface area contributed by atoms with Crippen LogP contribution < -0.4 is 9.47 Å². The molecule has 0 aliphatic heterocycles. The Kier molecular flexibility index (Phi) is 4.82. The normalized spacial score (nSPS) is 10.4. The molecule has 2 aromatic carbocycles. The van der Waals surface area contributed by atoms with Crippen molar-refractivity contribution in [3.8, 4) is 34.4 Å². The van der Waals surface area contributed by atoms with E-state index in [-0.39, 0.29) is 0 Å². The Balaban J connectivity index is 2.24. The Hall–Kier alpha value is -2.71. The lowest BCUT2D eigenvalue weighted by molar-refractivity contribution is 0.354. The van der Waals surface area contributed by atoms with E-state index in [2.05, 4.69) is 22.0 Å². The van der Waals surface area contributed by atoms with Crippen molar-refractivity contribution < 1.29 is 9.47 Å². The molecule has 1 heterocycles. The van der Waals surface area contributed by atoms with Gasteiger partial charge < -0.3 is 14.0 Å². The smallest absolute Gasteiger partial charge is 0.162 e. The molecule has 126 valence electrons. The number of hydrogen-bond acceptors (Lipinski definition) is 3. The number of ether oxygens (including phenoxy) is 2. The van der Waals surface area contributed by atoms with E-state index < -0.39 is 0 Å². The third-order valence-electron chi connectivity index (χ3n) is 4.15. The van der Waals surface area contributed by atoms with Crippen LogP contribution in [0.5, 0.6) is 11.5 Å². The quantitative estimate of drug-likeness (QED) is 0.615. The molecule has 0 atom stereocenters. The van der Waals surface area contributed by atoms with E-state index in [1.54, 1.807) is 14.2 Å². The third kappa shape index (κ3) is 3.01. The van der Waals surface area contributed by atoms with E-state index in [0.29, 0.717) is 17.1 Å². The average Bonchev–Trinajstić information content (AvgIpc) is 2.98. The lowest BCUT2D eigenvalue weighted by Crippen LogP contribution is -1.99. The second-order valence-electron chi connectivity index (χ2n) is 5.51. The maximum absolute atomic E-state index is 9.60. The van der Waals surface area contributed by atoms with Gasteiger partial charge in [0.05, 0.1) is 25.5 Å². The van der Waals surface area contributed by atoms with Gasteiger partial charge in [-0.15, -0.1) is 0 Å². The molecule has 0 unspecified atom stereocenters. The lowest BCUT2D eigenvalue weighted by Gasteiger charge is -2.14. The van der Waals surface area contributed by atoms with Crippen LogP contribution in [0.25, 0.3) is 16.8 Å². The number of methoxy groups -OCH3 is 2. The molecule has 0 amide bonds. The number of benzene rings is 2. The van der Waals surface area contributed by atoms with E-state index in [1.807, 2.05) is 60.2 Å². The summed E-state index contributed by atoms with van der Waals surface area (Å²) in [5, 5.41) is 9.60. The number of nitriles is 1. The Morgan fingerprint density at radius 2 is 1.68 bits per heavy atom. The van der Waals surface area contributed by atoms with Gasteiger partial charge in [0.25, 0.3) is 0 Å². The molecule has 0 saturated heterocycles. The second kappa shape index (κ2) is 7.04. The first-order valence-electron chi connectivity index (χ1n) is 7.70. The lowest BCUT2D eigenvalue weighted by atomic mass is 10.0. The SMILES string of the molecule is COc1cc(Br)c(-n2cc(C#N)c(-c3ccccc3)c2C)cc1OC. The molecule has 3 rings (SSSR count). The molecule has 5 heteroatoms. The molecule has 0 aliphatic carbocycles. The minimum atomic E-state index is 0.630. The molecule has 0 N–H and O–H groups in total. The Bertz CT molecular complexity index is 956. The van der Waals surface area contributed by atoms with Crippen LogP contribution in [0, 0.1) is 18.3 Å². The summed E-state index contributed by atoms with van der Waals surface area (Å²) in [4.78, 5) is 0. The minimum absolute atomic E-state index is 0.630. The van der Waals surface area contributed by atoms with E-state index in [4.69, 9.17) is 9.47 Å². The van der Waals surface area contributed by atoms with Gasteiger partial charge in [-0.2, -0.15) is 5.26 Å². The molecule has 0 spiro atoms. The molecule has 0 bridgehead atoms. The number of aromatic nitrogens is 1. The minimum Gasteiger partial charge on any atom is -0.493 e. The first kappa shape index (κ1) is 17.1. The summed E-state index contributed by atoms with van der Waals surface area (Å²) in [5.41, 5.74) is 4.45. The summed E-state index contributed by atoms with van der Waals surface area (Å²) >= 11 is 3.59. The van der Waals surface area contributed by atoms with Gasteiger partial charge in [0.15, 0.2) is 11.5 Å². The van der Waals surface area contributed by atoms with E-state index in [1.165, 1.54) is 0 Å². The maximum Gasteiger partial charge on any atom is 0.162 e. The number of hydrogen-bond donors (Lipinski definition) is 0. The summed E-state index contributed by atoms with van der Waals surface area (Å²) in [6, 6.07) is 16.0. The zero-order chi connectivity index (χ0) is 18.0. The van der Waals surface area contributed by atoms with Gasteiger partial charge in [0.2, 0.25) is 0 Å². The third-order valence-corrected chi connectivity index (χ3v) is 4.78. The van der Waals surface area contributed by atoms with Gasteiger partial charge in [-0.25, -0.2) is 0 Å². The Labute approximate surface area is 155 Å². The van der Waals surface area contributed by atoms with Crippen LogP contribution in [0.1, 0.15) is 11.3 Å². The predicted octanol–water partition coefficient (Wildman–Crippen LogP) is 5.10. The second-order valence-corrected chi connectivity index (χ2v) is 6.36. The molecule has 0 fully saturated rings. The van der Waals surface area contributed by atoms with Crippen LogP contribution in [0.4, 0.5) is 0 Å². The highest BCUT2D eigenvalue weighted by molar-refractivity contribution is 9.10. The van der Waals surface area contributed by atoms with Crippen molar-refractivity contribution in [2.75, 3.05) is 14.2 Å². The summed E-state index contributed by atoms with van der Waals surface area (Å²) in [7, 11) is 3.21. The fourth-order valence-electron chi connectivity index (χ4n) is 2.94. The summed E-state index contributed by atoms with van der Waals surface area (Å²) in [6.07, 6.45) is 1.85. The Morgan fingerprint density at radius 3 is 2.28 bits per heavy atom. The number of nitrogens with zero attached hydrogens (tertiary/aromatic N) is 2. The van der Waals surface area contributed by atoms with Crippen LogP contribution in [-0.2, 0) is 0 Å². The van der Waals surface area contributed by atoms with Gasteiger partial charge in [-0.1, -0.05) is 30.3 Å². The fraction of sp³-hybridized carbons (Fsp3) is 0.150. The Morgan fingerprint density at radius 1 is 1.04 bits per heavy atom. The molecular weight excluding hydrogens is 380 g/mol. The first-order chi connectivity index (χ1) is 12.1. The summed E-state index contributed by atoms with van der Waals surface area (Å²) in [5.74, 6) is 1.28. The predicted molar refractivity (Wildman–Crippen MR) is 101 cm³/mol. The topological polar surface area (TPSA) is 47.2 Å². The molecule has 0 saturated carbocycles. The van der Waals surface area contributed by atoms with Crippen molar-refractivity contribution in [3.63, 3.8) is 0 Å². The van der Waals surface area contributed by atoms with Gasteiger partial charge in [-0.05, 0) is 28.4 Å². The van der Waals surface area contributed by atoms with Gasteiger partial charge >= 0.3 is 0 Å². The van der Waals surface area contributed by atoms with Crippen molar-refractivity contribution in [1.29, 1.82) is 5.26 Å². The van der Waals surface area contributed by atoms with Gasteiger partial charge in [0, 0.05) is 34.1 Å². The average molecular weight is 397 g/mol. The molecule has 3 aromatic rings. The van der Waals surface area contributed by atoms with Crippen LogP contribution in [-0.4, -0.2) is 18.8 Å². The van der Waals surface area contributed by atoms with Crippen LogP contribution in [0.3, 0.4) is 0 Å². The van der Waals surface area contributed by atoms with Crippen molar-refractivity contribution >= 4 is 15.9 Å². The van der Waals surface area contributed by atoms with Crippen LogP contribution in [0.15, 0.2) is 53.1 Å². The van der Waals surface area contributed by atoms with Gasteiger partial charge in [0.1, 0.15) is 6.07 Å². The van der Waals surface area contributed by atoms with Crippen LogP contribution in [0.2, 0.25) is 0 Å². The van der Waals surface area contributed by atoms with Crippen molar-refractivity contribution in [3.05, 3.63) is 64.4 Å². The molecule has 0 aliphatic rings. The zero-order valence-corrected chi connectivity index (χ0v) is 15.8. The fourth-order valence-corrected chi connectivity index (χ4v) is 3.45. The highest BCUT2D eigenvalue weighted by Crippen LogP contribution is 2.38. The first-order valence-corrected chi connectivity index (χ1v) is 8.49. The van der Waals surface area contributed by atoms with E-state index in [9.17, 15) is 5.26 Å². The maximum atomic E-state index is 9.60. The molecule has 0 radical (unpaired) electrons. The van der Waals surface area contributed by atoms with E-state index in [0.717, 1.165) is 27.0 Å².